The average molecular weight is 362 g/mol. The van der Waals surface area contributed by atoms with Crippen LogP contribution in [0.15, 0.2) is 23.4 Å². The van der Waals surface area contributed by atoms with Crippen molar-refractivity contribution in [3.63, 3.8) is 0 Å². The van der Waals surface area contributed by atoms with E-state index in [4.69, 9.17) is 9.47 Å². The maximum atomic E-state index is 11.9. The Morgan fingerprint density at radius 3 is 2.68 bits per heavy atom. The second kappa shape index (κ2) is 7.77. The van der Waals surface area contributed by atoms with Crippen molar-refractivity contribution in [2.24, 2.45) is 0 Å². The molecule has 1 aromatic heterocycles. The topological polar surface area (TPSA) is 78.3 Å². The van der Waals surface area contributed by atoms with E-state index in [1.165, 1.54) is 11.8 Å². The first kappa shape index (κ1) is 17.6. The Morgan fingerprint density at radius 2 is 2.04 bits per heavy atom. The summed E-state index contributed by atoms with van der Waals surface area (Å²) < 4.78 is 12.6. The van der Waals surface area contributed by atoms with Crippen molar-refractivity contribution < 1.29 is 14.3 Å². The highest BCUT2D eigenvalue weighted by Gasteiger charge is 2.23. The fourth-order valence-corrected chi connectivity index (χ4v) is 3.31. The van der Waals surface area contributed by atoms with Crippen molar-refractivity contribution in [2.75, 3.05) is 20.0 Å². The first-order valence-electron chi connectivity index (χ1n) is 8.24. The van der Waals surface area contributed by atoms with Crippen LogP contribution in [0, 0.1) is 0 Å². The van der Waals surface area contributed by atoms with Gasteiger partial charge in [-0.05, 0) is 38.0 Å². The van der Waals surface area contributed by atoms with Crippen molar-refractivity contribution in [3.05, 3.63) is 18.2 Å². The zero-order valence-corrected chi connectivity index (χ0v) is 15.4. The fraction of sp³-hybridized carbons (Fsp3) is 0.471. The molecule has 0 unspecified atom stereocenters. The molecule has 25 heavy (non-hydrogen) atoms. The van der Waals surface area contributed by atoms with Gasteiger partial charge in [-0.15, -0.1) is 10.2 Å². The van der Waals surface area contributed by atoms with Gasteiger partial charge >= 0.3 is 0 Å². The van der Waals surface area contributed by atoms with Gasteiger partial charge < -0.3 is 19.4 Å². The van der Waals surface area contributed by atoms with Crippen LogP contribution in [0.5, 0.6) is 11.5 Å². The lowest BCUT2D eigenvalue weighted by Gasteiger charge is -2.11. The monoisotopic (exact) mass is 362 g/mol. The number of hydrogen-bond acceptors (Lipinski definition) is 6. The second-order valence-corrected chi connectivity index (χ2v) is 6.69. The van der Waals surface area contributed by atoms with Gasteiger partial charge in [0, 0.05) is 18.2 Å². The van der Waals surface area contributed by atoms with Gasteiger partial charge in [0.2, 0.25) is 5.91 Å². The Kier molecular flexibility index (Phi) is 5.47. The molecule has 0 aliphatic heterocycles. The summed E-state index contributed by atoms with van der Waals surface area (Å²) in [6.07, 6.45) is 2.18. The molecule has 0 saturated heterocycles. The number of amides is 1. The highest BCUT2D eigenvalue weighted by Crippen LogP contribution is 2.32. The largest absolute Gasteiger partial charge is 0.493 e. The van der Waals surface area contributed by atoms with Crippen LogP contribution in [-0.2, 0) is 11.3 Å². The number of carbonyl (C=O) groups is 1. The molecule has 134 valence electrons. The van der Waals surface area contributed by atoms with Crippen LogP contribution in [0.2, 0.25) is 0 Å². The Morgan fingerprint density at radius 1 is 1.28 bits per heavy atom. The van der Waals surface area contributed by atoms with Crippen molar-refractivity contribution in [2.45, 2.75) is 37.5 Å². The van der Waals surface area contributed by atoms with Gasteiger partial charge in [0.05, 0.1) is 20.0 Å². The molecule has 1 fully saturated rings. The van der Waals surface area contributed by atoms with Crippen LogP contribution in [0.4, 0.5) is 0 Å². The maximum Gasteiger partial charge on any atom is 0.230 e. The van der Waals surface area contributed by atoms with Gasteiger partial charge in [-0.25, -0.2) is 0 Å². The van der Waals surface area contributed by atoms with E-state index in [-0.39, 0.29) is 5.91 Å². The molecule has 3 rings (SSSR count). The number of nitrogens with zero attached hydrogens (tertiary/aromatic N) is 3. The van der Waals surface area contributed by atoms with Gasteiger partial charge in [0.25, 0.3) is 0 Å². The van der Waals surface area contributed by atoms with E-state index in [1.807, 2.05) is 29.7 Å². The molecule has 1 aliphatic rings. The van der Waals surface area contributed by atoms with E-state index in [0.717, 1.165) is 29.4 Å². The third-order valence-corrected chi connectivity index (χ3v) is 4.92. The zero-order valence-electron chi connectivity index (χ0n) is 14.6. The molecule has 1 aromatic carbocycles. The molecule has 0 bridgehead atoms. The molecule has 1 heterocycles. The predicted molar refractivity (Wildman–Crippen MR) is 96.1 cm³/mol. The van der Waals surface area contributed by atoms with Crippen LogP contribution in [-0.4, -0.2) is 46.7 Å². The normalized spacial score (nSPS) is 13.6. The van der Waals surface area contributed by atoms with E-state index >= 15 is 0 Å². The van der Waals surface area contributed by atoms with Gasteiger partial charge in [-0.1, -0.05) is 11.8 Å². The first-order chi connectivity index (χ1) is 12.2. The molecular weight excluding hydrogens is 340 g/mol. The van der Waals surface area contributed by atoms with Crippen molar-refractivity contribution in [3.8, 4) is 22.9 Å². The third kappa shape index (κ3) is 4.07. The standard InChI is InChI=1S/C17H22N4O3S/c1-4-21-16(11-5-8-13(23-2)14(9-11)24-3)19-20-17(21)25-10-15(22)18-12-6-7-12/h5,8-9,12H,4,6-7,10H2,1-3H3,(H,18,22). The van der Waals surface area contributed by atoms with E-state index < -0.39 is 0 Å². The van der Waals surface area contributed by atoms with E-state index in [2.05, 4.69) is 15.5 Å². The zero-order chi connectivity index (χ0) is 17.8. The molecule has 0 radical (unpaired) electrons. The summed E-state index contributed by atoms with van der Waals surface area (Å²) in [6, 6.07) is 6.02. The summed E-state index contributed by atoms with van der Waals surface area (Å²) in [7, 11) is 3.21. The molecular formula is C17H22N4O3S. The number of methoxy groups -OCH3 is 2. The molecule has 2 aromatic rings. The summed E-state index contributed by atoms with van der Waals surface area (Å²) in [6.45, 7) is 2.74. The first-order valence-corrected chi connectivity index (χ1v) is 9.22. The second-order valence-electron chi connectivity index (χ2n) is 5.75. The third-order valence-electron chi connectivity index (χ3n) is 3.95. The molecule has 1 saturated carbocycles. The van der Waals surface area contributed by atoms with E-state index in [1.54, 1.807) is 14.2 Å². The molecule has 1 amide bonds. The Hall–Kier alpha value is -2.22. The Labute approximate surface area is 151 Å². The fourth-order valence-electron chi connectivity index (χ4n) is 2.50. The minimum atomic E-state index is 0.0471. The van der Waals surface area contributed by atoms with Crippen LogP contribution in [0.3, 0.4) is 0 Å². The number of thioether (sulfide) groups is 1. The lowest BCUT2D eigenvalue weighted by atomic mass is 10.2. The molecule has 1 N–H and O–H groups in total. The number of aromatic nitrogens is 3. The predicted octanol–water partition coefficient (Wildman–Crippen LogP) is 2.35. The lowest BCUT2D eigenvalue weighted by molar-refractivity contribution is -0.118. The van der Waals surface area contributed by atoms with Crippen LogP contribution < -0.4 is 14.8 Å². The smallest absolute Gasteiger partial charge is 0.230 e. The highest BCUT2D eigenvalue weighted by molar-refractivity contribution is 7.99. The van der Waals surface area contributed by atoms with Gasteiger partial charge in [-0.2, -0.15) is 0 Å². The lowest BCUT2D eigenvalue weighted by Crippen LogP contribution is -2.27. The van der Waals surface area contributed by atoms with E-state index in [9.17, 15) is 4.79 Å². The Bertz CT molecular complexity index is 758. The van der Waals surface area contributed by atoms with Gasteiger partial charge in [0.15, 0.2) is 22.5 Å². The summed E-state index contributed by atoms with van der Waals surface area (Å²) in [5.74, 6) is 2.45. The van der Waals surface area contributed by atoms with E-state index in [0.29, 0.717) is 29.8 Å². The van der Waals surface area contributed by atoms with Crippen LogP contribution in [0.25, 0.3) is 11.4 Å². The van der Waals surface area contributed by atoms with Gasteiger partial charge in [0.1, 0.15) is 0 Å². The summed E-state index contributed by atoms with van der Waals surface area (Å²) in [4.78, 5) is 11.9. The molecule has 0 spiro atoms. The summed E-state index contributed by atoms with van der Waals surface area (Å²) in [5.41, 5.74) is 0.890. The molecule has 1 aliphatic carbocycles. The SMILES string of the molecule is CCn1c(SCC(=O)NC2CC2)nnc1-c1ccc(OC)c(OC)c1. The highest BCUT2D eigenvalue weighted by atomic mass is 32.2. The van der Waals surface area contributed by atoms with Crippen molar-refractivity contribution in [1.82, 2.24) is 20.1 Å². The molecule has 0 atom stereocenters. The number of ether oxygens (including phenoxy) is 2. The number of rotatable bonds is 8. The Balaban J connectivity index is 1.78. The molecule has 8 heteroatoms. The summed E-state index contributed by atoms with van der Waals surface area (Å²) in [5, 5.41) is 12.3. The minimum absolute atomic E-state index is 0.0471. The van der Waals surface area contributed by atoms with Crippen molar-refractivity contribution in [1.29, 1.82) is 0 Å². The maximum absolute atomic E-state index is 11.9. The quantitative estimate of drug-likeness (QED) is 0.726. The minimum Gasteiger partial charge on any atom is -0.493 e. The van der Waals surface area contributed by atoms with Crippen molar-refractivity contribution >= 4 is 17.7 Å². The number of hydrogen-bond donors (Lipinski definition) is 1. The number of benzene rings is 1. The van der Waals surface area contributed by atoms with Crippen LogP contribution in [0.1, 0.15) is 19.8 Å². The summed E-state index contributed by atoms with van der Waals surface area (Å²) >= 11 is 1.40. The average Bonchev–Trinajstić information content (AvgIpc) is 3.35. The molecule has 7 nitrogen and oxygen atoms in total. The number of carbonyl (C=O) groups excluding carboxylic acids is 1. The number of nitrogens with one attached hydrogen (secondary N) is 1. The van der Waals surface area contributed by atoms with Crippen LogP contribution >= 0.6 is 11.8 Å². The van der Waals surface area contributed by atoms with Gasteiger partial charge in [-0.3, -0.25) is 4.79 Å².